The van der Waals surface area contributed by atoms with Gasteiger partial charge in [-0.3, -0.25) is 0 Å². The Hall–Kier alpha value is -0.860. The van der Waals surface area contributed by atoms with Crippen molar-refractivity contribution < 1.29 is 4.74 Å². The first-order chi connectivity index (χ1) is 7.72. The van der Waals surface area contributed by atoms with Crippen LogP contribution in [0.2, 0.25) is 0 Å². The number of nitrogens with one attached hydrogen (secondary N) is 1. The van der Waals surface area contributed by atoms with Gasteiger partial charge < -0.3 is 10.1 Å². The maximum atomic E-state index is 5.66. The molecule has 0 bridgehead atoms. The molecule has 0 aliphatic rings. The molecule has 0 fully saturated rings. The van der Waals surface area contributed by atoms with E-state index in [2.05, 4.69) is 38.2 Å². The minimum Gasteiger partial charge on any atom is -0.375 e. The summed E-state index contributed by atoms with van der Waals surface area (Å²) in [6.07, 6.45) is 1.16. The van der Waals surface area contributed by atoms with Crippen LogP contribution in [0.5, 0.6) is 0 Å². The summed E-state index contributed by atoms with van der Waals surface area (Å²) in [6, 6.07) is 11.3. The highest BCUT2D eigenvalue weighted by atomic mass is 16.5. The number of hydrogen-bond donors (Lipinski definition) is 1. The van der Waals surface area contributed by atoms with Crippen LogP contribution in [0.3, 0.4) is 0 Å². The van der Waals surface area contributed by atoms with Gasteiger partial charge in [-0.25, -0.2) is 0 Å². The van der Waals surface area contributed by atoms with E-state index >= 15 is 0 Å². The Labute approximate surface area is 99.0 Å². The second-order valence-corrected chi connectivity index (χ2v) is 4.38. The van der Waals surface area contributed by atoms with Crippen molar-refractivity contribution in [2.24, 2.45) is 0 Å². The van der Waals surface area contributed by atoms with E-state index in [1.54, 1.807) is 0 Å². The van der Waals surface area contributed by atoms with Crippen molar-refractivity contribution in [3.05, 3.63) is 35.9 Å². The highest BCUT2D eigenvalue weighted by molar-refractivity contribution is 5.13. The fourth-order valence-electron chi connectivity index (χ4n) is 1.58. The minimum absolute atomic E-state index is 0.415. The Bertz CT molecular complexity index is 273. The van der Waals surface area contributed by atoms with Crippen LogP contribution in [0, 0.1) is 0 Å². The topological polar surface area (TPSA) is 21.3 Å². The molecule has 0 saturated carbocycles. The molecule has 1 aromatic rings. The van der Waals surface area contributed by atoms with Gasteiger partial charge in [-0.05, 0) is 25.8 Å². The molecular weight excluding hydrogens is 198 g/mol. The number of benzene rings is 1. The molecule has 2 heteroatoms. The first kappa shape index (κ1) is 13.2. The molecule has 1 N–H and O–H groups in total. The largest absolute Gasteiger partial charge is 0.375 e. The Kier molecular flexibility index (Phi) is 6.12. The maximum absolute atomic E-state index is 5.66. The lowest BCUT2D eigenvalue weighted by Gasteiger charge is -2.18. The molecule has 2 unspecified atom stereocenters. The van der Waals surface area contributed by atoms with E-state index in [1.807, 2.05) is 18.2 Å². The van der Waals surface area contributed by atoms with Crippen LogP contribution < -0.4 is 5.32 Å². The predicted molar refractivity (Wildman–Crippen MR) is 68.4 cm³/mol. The predicted octanol–water partition coefficient (Wildman–Crippen LogP) is 2.98. The SMILES string of the molecule is CCC(C)NC(C)COCc1ccccc1. The van der Waals surface area contributed by atoms with Gasteiger partial charge in [-0.2, -0.15) is 0 Å². The fourth-order valence-corrected chi connectivity index (χ4v) is 1.58. The third kappa shape index (κ3) is 5.29. The summed E-state index contributed by atoms with van der Waals surface area (Å²) < 4.78 is 5.66. The molecule has 1 rings (SSSR count). The molecule has 0 heterocycles. The minimum atomic E-state index is 0.415. The second-order valence-electron chi connectivity index (χ2n) is 4.38. The van der Waals surface area contributed by atoms with E-state index in [1.165, 1.54) is 5.56 Å². The molecule has 0 radical (unpaired) electrons. The first-order valence-electron chi connectivity index (χ1n) is 6.10. The zero-order chi connectivity index (χ0) is 11.8. The standard InChI is InChI=1S/C14H23NO/c1-4-12(2)15-13(3)10-16-11-14-8-6-5-7-9-14/h5-9,12-13,15H,4,10-11H2,1-3H3. The zero-order valence-electron chi connectivity index (χ0n) is 10.6. The Morgan fingerprint density at radius 2 is 1.81 bits per heavy atom. The van der Waals surface area contributed by atoms with E-state index in [9.17, 15) is 0 Å². The van der Waals surface area contributed by atoms with Gasteiger partial charge in [0.25, 0.3) is 0 Å². The maximum Gasteiger partial charge on any atom is 0.0717 e. The summed E-state index contributed by atoms with van der Waals surface area (Å²) in [6.45, 7) is 8.02. The normalized spacial score (nSPS) is 14.7. The van der Waals surface area contributed by atoms with E-state index in [4.69, 9.17) is 4.74 Å². The van der Waals surface area contributed by atoms with Crippen molar-refractivity contribution in [1.29, 1.82) is 0 Å². The molecule has 0 aromatic heterocycles. The first-order valence-corrected chi connectivity index (χ1v) is 6.10. The average molecular weight is 221 g/mol. The van der Waals surface area contributed by atoms with Crippen LogP contribution in [0.4, 0.5) is 0 Å². The van der Waals surface area contributed by atoms with Crippen LogP contribution >= 0.6 is 0 Å². The highest BCUT2D eigenvalue weighted by Crippen LogP contribution is 2.01. The monoisotopic (exact) mass is 221 g/mol. The van der Waals surface area contributed by atoms with Crippen molar-refractivity contribution in [3.63, 3.8) is 0 Å². The van der Waals surface area contributed by atoms with Crippen LogP contribution in [-0.4, -0.2) is 18.7 Å². The van der Waals surface area contributed by atoms with Gasteiger partial charge in [0.05, 0.1) is 13.2 Å². The summed E-state index contributed by atoms with van der Waals surface area (Å²) in [5.41, 5.74) is 1.23. The number of ether oxygens (including phenoxy) is 1. The highest BCUT2D eigenvalue weighted by Gasteiger charge is 2.05. The van der Waals surface area contributed by atoms with E-state index in [0.29, 0.717) is 18.7 Å². The summed E-state index contributed by atoms with van der Waals surface area (Å²) >= 11 is 0. The Morgan fingerprint density at radius 1 is 1.12 bits per heavy atom. The van der Waals surface area contributed by atoms with Crippen molar-refractivity contribution in [2.75, 3.05) is 6.61 Å². The second kappa shape index (κ2) is 7.42. The molecule has 2 nitrogen and oxygen atoms in total. The van der Waals surface area contributed by atoms with Gasteiger partial charge in [0.1, 0.15) is 0 Å². The molecule has 0 amide bonds. The molecule has 0 saturated heterocycles. The van der Waals surface area contributed by atoms with Crippen LogP contribution in [0.25, 0.3) is 0 Å². The van der Waals surface area contributed by atoms with Crippen molar-refractivity contribution in [2.45, 2.75) is 45.9 Å². The quantitative estimate of drug-likeness (QED) is 0.764. The summed E-state index contributed by atoms with van der Waals surface area (Å²) in [5, 5.41) is 3.49. The lowest BCUT2D eigenvalue weighted by Crippen LogP contribution is -2.37. The molecular formula is C14H23NO. The smallest absolute Gasteiger partial charge is 0.0717 e. The van der Waals surface area contributed by atoms with Crippen molar-refractivity contribution >= 4 is 0 Å². The zero-order valence-corrected chi connectivity index (χ0v) is 10.6. The number of hydrogen-bond acceptors (Lipinski definition) is 2. The molecule has 16 heavy (non-hydrogen) atoms. The Balaban J connectivity index is 2.15. The third-order valence-electron chi connectivity index (χ3n) is 2.66. The van der Waals surface area contributed by atoms with E-state index < -0.39 is 0 Å². The summed E-state index contributed by atoms with van der Waals surface area (Å²) in [5.74, 6) is 0. The van der Waals surface area contributed by atoms with E-state index in [-0.39, 0.29) is 0 Å². The van der Waals surface area contributed by atoms with E-state index in [0.717, 1.165) is 13.0 Å². The van der Waals surface area contributed by atoms with Gasteiger partial charge in [-0.1, -0.05) is 37.3 Å². The lowest BCUT2D eigenvalue weighted by atomic mass is 10.2. The van der Waals surface area contributed by atoms with Gasteiger partial charge in [0.2, 0.25) is 0 Å². The summed E-state index contributed by atoms with van der Waals surface area (Å²) in [7, 11) is 0. The summed E-state index contributed by atoms with van der Waals surface area (Å²) in [4.78, 5) is 0. The molecule has 0 aliphatic heterocycles. The molecule has 0 spiro atoms. The van der Waals surface area contributed by atoms with Gasteiger partial charge in [0, 0.05) is 12.1 Å². The molecule has 1 aromatic carbocycles. The van der Waals surface area contributed by atoms with Crippen molar-refractivity contribution in [1.82, 2.24) is 5.32 Å². The van der Waals surface area contributed by atoms with Crippen LogP contribution in [0.15, 0.2) is 30.3 Å². The molecule has 2 atom stereocenters. The molecule has 90 valence electrons. The van der Waals surface area contributed by atoms with Gasteiger partial charge in [0.15, 0.2) is 0 Å². The lowest BCUT2D eigenvalue weighted by molar-refractivity contribution is 0.0999. The van der Waals surface area contributed by atoms with Crippen molar-refractivity contribution in [3.8, 4) is 0 Å². The third-order valence-corrected chi connectivity index (χ3v) is 2.66. The van der Waals surface area contributed by atoms with Gasteiger partial charge in [-0.15, -0.1) is 0 Å². The average Bonchev–Trinajstić information content (AvgIpc) is 2.30. The Morgan fingerprint density at radius 3 is 2.44 bits per heavy atom. The fraction of sp³-hybridized carbons (Fsp3) is 0.571. The van der Waals surface area contributed by atoms with Crippen LogP contribution in [-0.2, 0) is 11.3 Å². The number of rotatable bonds is 7. The van der Waals surface area contributed by atoms with Gasteiger partial charge >= 0.3 is 0 Å². The molecule has 0 aliphatic carbocycles. The van der Waals surface area contributed by atoms with Crippen LogP contribution in [0.1, 0.15) is 32.8 Å².